The molecule has 77 heavy (non-hydrogen) atoms. The fourth-order valence-electron chi connectivity index (χ4n) is 10.2. The first-order chi connectivity index (χ1) is 37.8. The first-order valence-electron chi connectivity index (χ1n) is 25.8. The third-order valence-electron chi connectivity index (χ3n) is 14.0. The number of amides is 3. The zero-order valence-corrected chi connectivity index (χ0v) is 43.9. The maximum atomic E-state index is 15.4. The van der Waals surface area contributed by atoms with Crippen molar-refractivity contribution in [2.24, 2.45) is 0 Å². The number of nitrogens with one attached hydrogen (secondary N) is 2. The van der Waals surface area contributed by atoms with Crippen molar-refractivity contribution in [3.63, 3.8) is 0 Å². The summed E-state index contributed by atoms with van der Waals surface area (Å²) >= 11 is 1.51. The van der Waals surface area contributed by atoms with Gasteiger partial charge in [-0.1, -0.05) is 194 Å². The summed E-state index contributed by atoms with van der Waals surface area (Å²) in [7, 11) is -2.57. The van der Waals surface area contributed by atoms with Gasteiger partial charge in [-0.2, -0.15) is 0 Å². The number of carbonyl (C=O) groups is 5. The molecule has 2 unspecified atom stereocenters. The highest BCUT2D eigenvalue weighted by Crippen LogP contribution is 2.58. The van der Waals surface area contributed by atoms with Gasteiger partial charge in [0.2, 0.25) is 5.91 Å². The van der Waals surface area contributed by atoms with Gasteiger partial charge in [-0.15, -0.1) is 11.8 Å². The molecule has 1 fully saturated rings. The molecule has 10 nitrogen and oxygen atoms in total. The monoisotopic (exact) mass is 1050 g/mol. The van der Waals surface area contributed by atoms with Crippen LogP contribution in [-0.4, -0.2) is 63.9 Å². The number of fused-ring (bicyclic) bond motifs is 1. The number of rotatable bonds is 20. The molecule has 0 saturated carbocycles. The van der Waals surface area contributed by atoms with Crippen LogP contribution in [-0.2, 0) is 28.7 Å². The Hall–Kier alpha value is -8.37. The van der Waals surface area contributed by atoms with E-state index >= 15 is 4.79 Å². The third-order valence-corrected chi connectivity index (χ3v) is 19.7. The molecule has 2 aliphatic heterocycles. The molecule has 8 aromatic rings. The highest BCUT2D eigenvalue weighted by atomic mass is 32.2. The standard InChI is InChI=1S/C65H56N3O7PS/c69-56(43-25-42-55(66-61(70)50-34-17-5-18-35-50)64(72)74-59(46-26-9-1-10-27-46)47-28-11-2-12-29-47)67-57-62(71)68-58(65(73)75-60(48-30-13-3-14-31-48)49-32-15-4-16-33-49)51(45-77-63(57)68)44-76(52-36-19-6-20-37-52,53-38-21-7-22-39-53)54-40-23-8-24-41-54/h1-24,26-41,55,57,59-60,63H,25,42-45H2,(H-,66,67,69,70)/p+1/t55?,57?,63-/m0/s1. The molecule has 0 spiro atoms. The molecule has 3 atom stereocenters. The SMILES string of the molecule is O=C(CCCC(NC(=O)c1ccccc1)C(=O)OC(c1ccccc1)c1ccccc1)NC1C(=O)N2C(C(=O)OC(c3ccccc3)c3ccccc3)=C(C[P+](c3ccccc3)(c3ccccc3)c3ccccc3)CS[C@@H]12. The smallest absolute Gasteiger partial charge is 0.356 e. The molecule has 10 rings (SSSR count). The van der Waals surface area contributed by atoms with Gasteiger partial charge in [0.25, 0.3) is 11.8 Å². The molecule has 8 aromatic carbocycles. The van der Waals surface area contributed by atoms with E-state index in [9.17, 15) is 19.2 Å². The van der Waals surface area contributed by atoms with Gasteiger partial charge < -0.3 is 20.1 Å². The molecule has 1 saturated heterocycles. The van der Waals surface area contributed by atoms with Crippen molar-refractivity contribution >= 4 is 64.6 Å². The van der Waals surface area contributed by atoms with Crippen molar-refractivity contribution in [1.82, 2.24) is 15.5 Å². The summed E-state index contributed by atoms with van der Waals surface area (Å²) in [5.41, 5.74) is 4.40. The van der Waals surface area contributed by atoms with E-state index in [1.807, 2.05) is 176 Å². The van der Waals surface area contributed by atoms with E-state index in [1.165, 1.54) is 16.7 Å². The predicted octanol–water partition coefficient (Wildman–Crippen LogP) is 10.3. The number of esters is 2. The molecular formula is C65H57N3O7PS+. The lowest BCUT2D eigenvalue weighted by Crippen LogP contribution is -2.70. The van der Waals surface area contributed by atoms with E-state index in [1.54, 1.807) is 30.3 Å². The zero-order valence-electron chi connectivity index (χ0n) is 42.2. The van der Waals surface area contributed by atoms with E-state index in [0.29, 0.717) is 17.5 Å². The Kier molecular flexibility index (Phi) is 16.6. The van der Waals surface area contributed by atoms with E-state index < -0.39 is 66.6 Å². The topological polar surface area (TPSA) is 131 Å². The van der Waals surface area contributed by atoms with Crippen molar-refractivity contribution < 1.29 is 33.4 Å². The Morgan fingerprint density at radius 3 is 1.39 bits per heavy atom. The average molecular weight is 1060 g/mol. The fraction of sp³-hybridized carbons (Fsp3) is 0.154. The number of carbonyl (C=O) groups excluding carboxylic acids is 5. The second kappa shape index (κ2) is 24.5. The fourth-order valence-corrected chi connectivity index (χ4v) is 16.0. The number of hydrogen-bond donors (Lipinski definition) is 2. The van der Waals surface area contributed by atoms with E-state index in [-0.39, 0.29) is 25.0 Å². The van der Waals surface area contributed by atoms with Crippen LogP contribution in [0.1, 0.15) is 64.1 Å². The number of hydrogen-bond acceptors (Lipinski definition) is 8. The number of β-lactam (4-membered cyclic amide) rings is 1. The summed E-state index contributed by atoms with van der Waals surface area (Å²) in [4.78, 5) is 73.5. The molecule has 0 bridgehead atoms. The Labute approximate surface area is 453 Å². The highest BCUT2D eigenvalue weighted by Gasteiger charge is 2.57. The van der Waals surface area contributed by atoms with Gasteiger partial charge in [0.1, 0.15) is 46.3 Å². The van der Waals surface area contributed by atoms with Crippen molar-refractivity contribution in [3.05, 3.63) is 282 Å². The van der Waals surface area contributed by atoms with Crippen molar-refractivity contribution in [2.45, 2.75) is 48.9 Å². The highest BCUT2D eigenvalue weighted by molar-refractivity contribution is 8.00. The van der Waals surface area contributed by atoms with E-state index in [4.69, 9.17) is 9.47 Å². The summed E-state index contributed by atoms with van der Waals surface area (Å²) in [5.74, 6) is -2.20. The van der Waals surface area contributed by atoms with Crippen LogP contribution in [0.2, 0.25) is 0 Å². The van der Waals surface area contributed by atoms with Crippen LogP contribution in [0.25, 0.3) is 0 Å². The van der Waals surface area contributed by atoms with Crippen LogP contribution >= 0.6 is 19.0 Å². The maximum Gasteiger partial charge on any atom is 0.356 e. The Morgan fingerprint density at radius 2 is 0.948 bits per heavy atom. The molecular weight excluding hydrogens is 998 g/mol. The first-order valence-corrected chi connectivity index (χ1v) is 28.8. The molecule has 384 valence electrons. The second-order valence-electron chi connectivity index (χ2n) is 18.9. The lowest BCUT2D eigenvalue weighted by molar-refractivity contribution is -0.154. The minimum Gasteiger partial charge on any atom is -0.451 e. The van der Waals surface area contributed by atoms with Crippen LogP contribution < -0.4 is 26.5 Å². The predicted molar refractivity (Wildman–Crippen MR) is 305 cm³/mol. The van der Waals surface area contributed by atoms with Crippen LogP contribution in [0.15, 0.2) is 254 Å². The van der Waals surface area contributed by atoms with Crippen molar-refractivity contribution in [1.29, 1.82) is 0 Å². The summed E-state index contributed by atoms with van der Waals surface area (Å²) in [6.45, 7) is 0. The van der Waals surface area contributed by atoms with Gasteiger partial charge in [-0.3, -0.25) is 19.3 Å². The second-order valence-corrected chi connectivity index (χ2v) is 23.5. The Morgan fingerprint density at radius 1 is 0.545 bits per heavy atom. The first kappa shape index (κ1) is 52.1. The van der Waals surface area contributed by atoms with Crippen LogP contribution in [0.5, 0.6) is 0 Å². The van der Waals surface area contributed by atoms with Gasteiger partial charge in [-0.25, -0.2) is 9.59 Å². The number of ether oxygens (including phenoxy) is 2. The molecule has 3 amide bonds. The van der Waals surface area contributed by atoms with Gasteiger partial charge in [-0.05, 0) is 83.6 Å². The van der Waals surface area contributed by atoms with Gasteiger partial charge in [0, 0.05) is 23.3 Å². The van der Waals surface area contributed by atoms with Crippen molar-refractivity contribution in [2.75, 3.05) is 11.9 Å². The lowest BCUT2D eigenvalue weighted by Gasteiger charge is -2.50. The van der Waals surface area contributed by atoms with Gasteiger partial charge >= 0.3 is 11.9 Å². The van der Waals surface area contributed by atoms with Gasteiger partial charge in [0.15, 0.2) is 12.2 Å². The number of thioether (sulfide) groups is 1. The third kappa shape index (κ3) is 11.7. The maximum absolute atomic E-state index is 15.4. The summed E-state index contributed by atoms with van der Waals surface area (Å²) in [6.07, 6.45) is -0.896. The molecule has 2 N–H and O–H groups in total. The average Bonchev–Trinajstić information content (AvgIpc) is 3.61. The number of nitrogens with zero attached hydrogens (tertiary/aromatic N) is 1. The van der Waals surface area contributed by atoms with Crippen LogP contribution in [0, 0.1) is 0 Å². The molecule has 2 aliphatic rings. The van der Waals surface area contributed by atoms with Gasteiger partial charge in [0.05, 0.1) is 6.16 Å². The lowest BCUT2D eigenvalue weighted by atomic mass is 10.0. The van der Waals surface area contributed by atoms with Crippen LogP contribution in [0.3, 0.4) is 0 Å². The minimum absolute atomic E-state index is 0.0585. The molecule has 0 aromatic heterocycles. The molecule has 0 radical (unpaired) electrons. The Balaban J connectivity index is 0.924. The summed E-state index contributed by atoms with van der Waals surface area (Å²) in [5, 5.41) is 8.61. The molecule has 0 aliphatic carbocycles. The normalized spacial score (nSPS) is 15.5. The summed E-state index contributed by atoms with van der Waals surface area (Å²) < 4.78 is 12.8. The largest absolute Gasteiger partial charge is 0.451 e. The zero-order chi connectivity index (χ0) is 53.0. The van der Waals surface area contributed by atoms with E-state index in [2.05, 4.69) is 47.0 Å². The molecule has 2 heterocycles. The quantitative estimate of drug-likeness (QED) is 0.0438. The molecule has 12 heteroatoms. The van der Waals surface area contributed by atoms with Crippen molar-refractivity contribution in [3.8, 4) is 0 Å². The van der Waals surface area contributed by atoms with Crippen LogP contribution in [0.4, 0.5) is 0 Å². The Bertz CT molecular complexity index is 3150. The number of benzene rings is 8. The van der Waals surface area contributed by atoms with E-state index in [0.717, 1.165) is 43.7 Å². The minimum atomic E-state index is -2.57. The summed E-state index contributed by atoms with van der Waals surface area (Å²) in [6, 6.07) is 75.6.